The van der Waals surface area contributed by atoms with Gasteiger partial charge in [-0.05, 0) is 13.1 Å². The third-order valence-electron chi connectivity index (χ3n) is 1.63. The summed E-state index contributed by atoms with van der Waals surface area (Å²) in [4.78, 5) is 1.37. The van der Waals surface area contributed by atoms with E-state index in [9.17, 15) is 8.42 Å². The molecule has 0 aliphatic heterocycles. The molecule has 0 bridgehead atoms. The molecule has 0 amide bonds. The molecule has 0 saturated heterocycles. The summed E-state index contributed by atoms with van der Waals surface area (Å²) in [5, 5.41) is 4.63. The standard InChI is InChI=1S/C8H14N2O2S2/c1-3-10-14(11,12)8-4-7(5-9-2)13-6-8/h4,6,9-10H,3,5H2,1-2H3. The average molecular weight is 234 g/mol. The van der Waals surface area contributed by atoms with Crippen LogP contribution in [0.2, 0.25) is 0 Å². The van der Waals surface area contributed by atoms with Crippen molar-refractivity contribution < 1.29 is 8.42 Å². The fourth-order valence-corrected chi connectivity index (χ4v) is 3.37. The summed E-state index contributed by atoms with van der Waals surface area (Å²) in [5.41, 5.74) is 0. The van der Waals surface area contributed by atoms with Crippen LogP contribution >= 0.6 is 11.3 Å². The Balaban J connectivity index is 2.86. The molecular formula is C8H14N2O2S2. The molecule has 0 aromatic carbocycles. The van der Waals surface area contributed by atoms with Gasteiger partial charge in [0.1, 0.15) is 0 Å². The molecule has 1 rings (SSSR count). The van der Waals surface area contributed by atoms with E-state index in [1.54, 1.807) is 18.4 Å². The lowest BCUT2D eigenvalue weighted by molar-refractivity contribution is 0.584. The number of hydrogen-bond donors (Lipinski definition) is 2. The molecule has 6 heteroatoms. The Labute approximate surface area is 88.4 Å². The predicted molar refractivity (Wildman–Crippen MR) is 57.9 cm³/mol. The maximum absolute atomic E-state index is 11.5. The second-order valence-corrected chi connectivity index (χ2v) is 5.54. The first-order valence-corrected chi connectivity index (χ1v) is 6.68. The number of hydrogen-bond acceptors (Lipinski definition) is 4. The normalized spacial score (nSPS) is 11.9. The van der Waals surface area contributed by atoms with Crippen molar-refractivity contribution >= 4 is 21.4 Å². The van der Waals surface area contributed by atoms with Crippen LogP contribution in [0.25, 0.3) is 0 Å². The van der Waals surface area contributed by atoms with Gasteiger partial charge in [-0.25, -0.2) is 13.1 Å². The zero-order chi connectivity index (χ0) is 10.6. The van der Waals surface area contributed by atoms with Crippen LogP contribution in [-0.2, 0) is 16.6 Å². The van der Waals surface area contributed by atoms with Gasteiger partial charge in [0.15, 0.2) is 0 Å². The Bertz CT molecular complexity index is 384. The number of thiophene rings is 1. The Morgan fingerprint density at radius 1 is 1.50 bits per heavy atom. The molecule has 0 unspecified atom stereocenters. The van der Waals surface area contributed by atoms with Crippen LogP contribution in [0, 0.1) is 0 Å². The van der Waals surface area contributed by atoms with E-state index in [0.29, 0.717) is 18.0 Å². The smallest absolute Gasteiger partial charge is 0.241 e. The molecule has 0 aliphatic carbocycles. The van der Waals surface area contributed by atoms with E-state index in [1.807, 2.05) is 7.05 Å². The monoisotopic (exact) mass is 234 g/mol. The van der Waals surface area contributed by atoms with E-state index >= 15 is 0 Å². The molecule has 4 nitrogen and oxygen atoms in total. The molecule has 0 fully saturated rings. The third-order valence-corrected chi connectivity index (χ3v) is 4.24. The van der Waals surface area contributed by atoms with E-state index in [4.69, 9.17) is 0 Å². The summed E-state index contributed by atoms with van der Waals surface area (Å²) < 4.78 is 25.5. The van der Waals surface area contributed by atoms with Gasteiger partial charge in [-0.15, -0.1) is 11.3 Å². The first kappa shape index (κ1) is 11.6. The molecule has 0 spiro atoms. The summed E-state index contributed by atoms with van der Waals surface area (Å²) in [6.45, 7) is 2.88. The van der Waals surface area contributed by atoms with E-state index in [-0.39, 0.29) is 0 Å². The molecule has 1 aromatic rings. The molecule has 80 valence electrons. The van der Waals surface area contributed by atoms with Gasteiger partial charge in [0.05, 0.1) is 4.90 Å². The lowest BCUT2D eigenvalue weighted by Crippen LogP contribution is -2.22. The predicted octanol–water partition coefficient (Wildman–Crippen LogP) is 0.766. The lowest BCUT2D eigenvalue weighted by Gasteiger charge is -2.00. The summed E-state index contributed by atoms with van der Waals surface area (Å²) in [5.74, 6) is 0. The van der Waals surface area contributed by atoms with Crippen molar-refractivity contribution in [2.45, 2.75) is 18.4 Å². The maximum atomic E-state index is 11.5. The highest BCUT2D eigenvalue weighted by molar-refractivity contribution is 7.89. The van der Waals surface area contributed by atoms with E-state index in [1.165, 1.54) is 11.3 Å². The molecule has 0 radical (unpaired) electrons. The summed E-state index contributed by atoms with van der Waals surface area (Å²) in [7, 11) is -1.44. The van der Waals surface area contributed by atoms with Gasteiger partial charge in [0.25, 0.3) is 0 Å². The van der Waals surface area contributed by atoms with Crippen LogP contribution in [-0.4, -0.2) is 22.0 Å². The van der Waals surface area contributed by atoms with Crippen molar-refractivity contribution in [1.82, 2.24) is 10.0 Å². The number of sulfonamides is 1. The summed E-state index contributed by atoms with van der Waals surface area (Å²) in [6.07, 6.45) is 0. The number of rotatable bonds is 5. The van der Waals surface area contributed by atoms with Gasteiger partial charge < -0.3 is 5.32 Å². The average Bonchev–Trinajstić information content (AvgIpc) is 2.54. The number of nitrogens with one attached hydrogen (secondary N) is 2. The molecule has 0 atom stereocenters. The topological polar surface area (TPSA) is 58.2 Å². The first-order chi connectivity index (χ1) is 6.60. The Morgan fingerprint density at radius 2 is 2.21 bits per heavy atom. The molecule has 1 aromatic heterocycles. The van der Waals surface area contributed by atoms with Crippen LogP contribution in [0.3, 0.4) is 0 Å². The molecule has 2 N–H and O–H groups in total. The van der Waals surface area contributed by atoms with E-state index in [2.05, 4.69) is 10.0 Å². The fourth-order valence-electron chi connectivity index (χ4n) is 1.04. The zero-order valence-corrected chi connectivity index (χ0v) is 9.83. The zero-order valence-electron chi connectivity index (χ0n) is 8.20. The van der Waals surface area contributed by atoms with Gasteiger partial charge in [-0.1, -0.05) is 6.92 Å². The van der Waals surface area contributed by atoms with Gasteiger partial charge in [0.2, 0.25) is 10.0 Å². The van der Waals surface area contributed by atoms with Crippen molar-refractivity contribution in [3.8, 4) is 0 Å². The van der Waals surface area contributed by atoms with Gasteiger partial charge >= 0.3 is 0 Å². The summed E-state index contributed by atoms with van der Waals surface area (Å²) in [6, 6.07) is 1.69. The maximum Gasteiger partial charge on any atom is 0.241 e. The van der Waals surface area contributed by atoms with E-state index < -0.39 is 10.0 Å². The molecule has 1 heterocycles. The Kier molecular flexibility index (Phi) is 4.06. The quantitative estimate of drug-likeness (QED) is 0.791. The largest absolute Gasteiger partial charge is 0.315 e. The van der Waals surface area contributed by atoms with Crippen LogP contribution in [0.5, 0.6) is 0 Å². The highest BCUT2D eigenvalue weighted by atomic mass is 32.2. The molecular weight excluding hydrogens is 220 g/mol. The van der Waals surface area contributed by atoms with Gasteiger partial charge in [-0.3, -0.25) is 0 Å². The third kappa shape index (κ3) is 2.78. The van der Waals surface area contributed by atoms with Gasteiger partial charge in [-0.2, -0.15) is 0 Å². The van der Waals surface area contributed by atoms with Crippen molar-refractivity contribution in [1.29, 1.82) is 0 Å². The van der Waals surface area contributed by atoms with Crippen molar-refractivity contribution in [3.05, 3.63) is 16.3 Å². The van der Waals surface area contributed by atoms with Crippen LogP contribution in [0.4, 0.5) is 0 Å². The van der Waals surface area contributed by atoms with Crippen molar-refractivity contribution in [3.63, 3.8) is 0 Å². The first-order valence-electron chi connectivity index (χ1n) is 4.32. The SMILES string of the molecule is CCNS(=O)(=O)c1csc(CNC)c1. The highest BCUT2D eigenvalue weighted by Crippen LogP contribution is 2.18. The summed E-state index contributed by atoms with van der Waals surface area (Å²) >= 11 is 1.45. The second kappa shape index (κ2) is 4.88. The minimum absolute atomic E-state index is 0.356. The highest BCUT2D eigenvalue weighted by Gasteiger charge is 2.14. The lowest BCUT2D eigenvalue weighted by atomic mass is 10.5. The second-order valence-electron chi connectivity index (χ2n) is 2.78. The van der Waals surface area contributed by atoms with Crippen LogP contribution in [0.15, 0.2) is 16.3 Å². The molecule has 14 heavy (non-hydrogen) atoms. The Morgan fingerprint density at radius 3 is 2.79 bits per heavy atom. The van der Waals surface area contributed by atoms with Crippen LogP contribution < -0.4 is 10.0 Å². The van der Waals surface area contributed by atoms with Crippen molar-refractivity contribution in [2.75, 3.05) is 13.6 Å². The Hall–Kier alpha value is -0.430. The van der Waals surface area contributed by atoms with Gasteiger partial charge in [0, 0.05) is 23.3 Å². The minimum Gasteiger partial charge on any atom is -0.315 e. The van der Waals surface area contributed by atoms with Crippen molar-refractivity contribution in [2.24, 2.45) is 0 Å². The molecule has 0 aliphatic rings. The minimum atomic E-state index is -3.28. The molecule has 0 saturated carbocycles. The van der Waals surface area contributed by atoms with E-state index in [0.717, 1.165) is 4.88 Å². The van der Waals surface area contributed by atoms with Crippen LogP contribution in [0.1, 0.15) is 11.8 Å². The fraction of sp³-hybridized carbons (Fsp3) is 0.500.